The molecular formula is H14N4O5S. The van der Waals surface area contributed by atoms with Crippen molar-refractivity contribution in [3.8, 4) is 0 Å². The van der Waals surface area contributed by atoms with E-state index in [1.165, 1.54) is 0 Å². The zero-order valence-electron chi connectivity index (χ0n) is 5.02. The second kappa shape index (κ2) is 67.6. The van der Waals surface area contributed by atoms with Gasteiger partial charge in [0.2, 0.25) is 0 Å². The van der Waals surface area contributed by atoms with Gasteiger partial charge in [-0.15, -0.1) is 0 Å². The van der Waals surface area contributed by atoms with Crippen molar-refractivity contribution in [3.63, 3.8) is 0 Å². The van der Waals surface area contributed by atoms with E-state index in [4.69, 9.17) is 13.3 Å². The predicted molar refractivity (Wildman–Crippen MR) is 37.4 cm³/mol. The molecule has 0 bridgehead atoms. The van der Waals surface area contributed by atoms with Crippen LogP contribution in [0.5, 0.6) is 0 Å². The molecule has 70 valence electrons. The highest BCUT2D eigenvalue weighted by molar-refractivity contribution is 7.73. The van der Waals surface area contributed by atoms with Crippen LogP contribution < -0.4 is 23.4 Å². The van der Waals surface area contributed by atoms with Gasteiger partial charge in [-0.1, -0.05) is 0 Å². The lowest BCUT2D eigenvalue weighted by atomic mass is 13.0. The van der Waals surface area contributed by atoms with E-state index in [2.05, 4.69) is 23.4 Å². The van der Waals surface area contributed by atoms with Gasteiger partial charge in [-0.25, -0.2) is 0 Å². The maximum absolute atomic E-state index is 8.67. The highest BCUT2D eigenvalue weighted by Gasteiger charge is 1.62. The van der Waals surface area contributed by atoms with Crippen LogP contribution in [0, 0.1) is 0 Å². The number of rotatable bonds is 0. The first-order chi connectivity index (χ1) is 3.73. The molecule has 0 saturated heterocycles. The molecule has 14 N–H and O–H groups in total. The highest BCUT2D eigenvalue weighted by atomic mass is 32.2. The molecule has 0 radical (unpaired) electrons. The quantitative estimate of drug-likeness (QED) is 0.122. The Labute approximate surface area is 60.0 Å². The summed E-state index contributed by atoms with van der Waals surface area (Å²) in [5, 5.41) is 0. The van der Waals surface area contributed by atoms with E-state index in [-0.39, 0.29) is 11.0 Å². The minimum atomic E-state index is -2.61. The molecule has 0 spiro atoms. The lowest BCUT2D eigenvalue weighted by molar-refractivity contribution is 0.454. The van der Waals surface area contributed by atoms with Crippen molar-refractivity contribution in [1.82, 2.24) is 0 Å². The smallest absolute Gasteiger partial charge is 0.299 e. The van der Waals surface area contributed by atoms with Crippen LogP contribution in [-0.4, -0.2) is 24.3 Å². The number of hydrogen-bond donors (Lipinski definition) is 6. The first kappa shape index (κ1) is 32.9. The van der Waals surface area contributed by atoms with Crippen LogP contribution in [0.2, 0.25) is 0 Å². The highest BCUT2D eigenvalue weighted by Crippen LogP contribution is 1.44. The van der Waals surface area contributed by atoms with Crippen LogP contribution in [0.15, 0.2) is 0 Å². The first-order valence-electron chi connectivity index (χ1n) is 1.20. The normalized spacial score (nSPS) is 4.70. The lowest BCUT2D eigenvalue weighted by Crippen LogP contribution is -2.02. The second-order valence-corrected chi connectivity index (χ2v) is 0.692. The van der Waals surface area contributed by atoms with Crippen LogP contribution in [0.4, 0.5) is 0 Å². The summed E-state index contributed by atoms with van der Waals surface area (Å²) in [5.74, 6) is 16.0. The van der Waals surface area contributed by atoms with Crippen molar-refractivity contribution >= 4 is 11.4 Å². The van der Waals surface area contributed by atoms with Crippen molar-refractivity contribution in [3.05, 3.63) is 0 Å². The maximum Gasteiger partial charge on any atom is 0.299 e. The number of hydrazine groups is 2. The molecule has 0 aliphatic carbocycles. The summed E-state index contributed by atoms with van der Waals surface area (Å²) in [6, 6.07) is 0. The Kier molecular flexibility index (Phi) is 222. The Morgan fingerprint density at radius 3 is 0.900 bits per heavy atom. The van der Waals surface area contributed by atoms with E-state index in [1.807, 2.05) is 0 Å². The fraction of sp³-hybridized carbons (Fsp3) is 0. The summed E-state index contributed by atoms with van der Waals surface area (Å²) in [7, 11) is 0. The van der Waals surface area contributed by atoms with Gasteiger partial charge in [0.15, 0.2) is 0 Å². The summed E-state index contributed by atoms with van der Waals surface area (Å²) < 4.78 is 22.8. The molecule has 0 aliphatic rings. The average Bonchev–Trinajstić information content (AvgIpc) is 1.75. The second-order valence-electron chi connectivity index (χ2n) is 0.231. The molecule has 0 unspecified atom stereocenters. The summed E-state index contributed by atoms with van der Waals surface area (Å²) in [4.78, 5) is 0. The van der Waals surface area contributed by atoms with E-state index >= 15 is 0 Å². The van der Waals surface area contributed by atoms with Crippen LogP contribution >= 0.6 is 0 Å². The van der Waals surface area contributed by atoms with Gasteiger partial charge >= 0.3 is 0 Å². The van der Waals surface area contributed by atoms with Crippen LogP contribution in [-0.2, 0) is 11.4 Å². The summed E-state index contributed by atoms with van der Waals surface area (Å²) in [5.41, 5.74) is 0. The van der Waals surface area contributed by atoms with Crippen molar-refractivity contribution in [2.45, 2.75) is 0 Å². The van der Waals surface area contributed by atoms with E-state index in [0.717, 1.165) is 0 Å². The van der Waals surface area contributed by atoms with Crippen molar-refractivity contribution in [2.24, 2.45) is 23.4 Å². The zero-order chi connectivity index (χ0) is 7.58. The SMILES string of the molecule is NN.NN.O.O.O=S(O)O. The molecule has 0 aromatic carbocycles. The Hall–Kier alpha value is -0.170. The maximum atomic E-state index is 8.67. The van der Waals surface area contributed by atoms with Crippen LogP contribution in [0.3, 0.4) is 0 Å². The van der Waals surface area contributed by atoms with E-state index < -0.39 is 11.4 Å². The third-order valence-corrected chi connectivity index (χ3v) is 0. The summed E-state index contributed by atoms with van der Waals surface area (Å²) in [6.07, 6.45) is 0. The van der Waals surface area contributed by atoms with E-state index in [0.29, 0.717) is 0 Å². The monoisotopic (exact) mass is 182 g/mol. The molecule has 0 heterocycles. The number of hydrogen-bond acceptors (Lipinski definition) is 5. The Bertz CT molecular complexity index is 36.6. The Balaban J connectivity index is -0.0000000125. The molecule has 0 aromatic heterocycles. The van der Waals surface area contributed by atoms with Crippen LogP contribution in [0.1, 0.15) is 0 Å². The predicted octanol–water partition coefficient (Wildman–Crippen LogP) is -4.33. The van der Waals surface area contributed by atoms with Crippen molar-refractivity contribution in [1.29, 1.82) is 0 Å². The van der Waals surface area contributed by atoms with Gasteiger partial charge in [-0.3, -0.25) is 32.5 Å². The Morgan fingerprint density at radius 1 is 0.900 bits per heavy atom. The fourth-order valence-corrected chi connectivity index (χ4v) is 0. The van der Waals surface area contributed by atoms with Gasteiger partial charge in [-0.2, -0.15) is 4.21 Å². The molecule has 0 aromatic rings. The molecule has 10 heavy (non-hydrogen) atoms. The van der Waals surface area contributed by atoms with Gasteiger partial charge in [0.05, 0.1) is 0 Å². The summed E-state index contributed by atoms with van der Waals surface area (Å²) >= 11 is -2.61. The largest absolute Gasteiger partial charge is 0.412 e. The van der Waals surface area contributed by atoms with Gasteiger partial charge in [0.1, 0.15) is 0 Å². The van der Waals surface area contributed by atoms with E-state index in [9.17, 15) is 0 Å². The molecule has 0 atom stereocenters. The van der Waals surface area contributed by atoms with E-state index in [1.54, 1.807) is 0 Å². The average molecular weight is 182 g/mol. The topological polar surface area (TPSA) is 225 Å². The molecule has 0 amide bonds. The van der Waals surface area contributed by atoms with Gasteiger partial charge in [0.25, 0.3) is 11.4 Å². The third kappa shape index (κ3) is 12600. The molecule has 0 fully saturated rings. The van der Waals surface area contributed by atoms with Crippen LogP contribution in [0.25, 0.3) is 0 Å². The molecule has 9 nitrogen and oxygen atoms in total. The molecule has 0 rings (SSSR count). The van der Waals surface area contributed by atoms with Gasteiger partial charge in [-0.05, 0) is 0 Å². The molecular weight excluding hydrogens is 168 g/mol. The molecule has 10 heteroatoms. The van der Waals surface area contributed by atoms with Crippen molar-refractivity contribution < 1.29 is 24.3 Å². The molecule has 0 saturated carbocycles. The summed E-state index contributed by atoms with van der Waals surface area (Å²) in [6.45, 7) is 0. The minimum absolute atomic E-state index is 0. The Morgan fingerprint density at radius 2 is 0.900 bits per heavy atom. The lowest BCUT2D eigenvalue weighted by Gasteiger charge is -1.59. The van der Waals surface area contributed by atoms with Gasteiger partial charge in [0, 0.05) is 0 Å². The third-order valence-electron chi connectivity index (χ3n) is 0. The minimum Gasteiger partial charge on any atom is -0.412 e. The van der Waals surface area contributed by atoms with Gasteiger partial charge < -0.3 is 11.0 Å². The van der Waals surface area contributed by atoms with Crippen molar-refractivity contribution in [2.75, 3.05) is 0 Å². The standard InChI is InChI=1S/2H4N2.H2O3S.2H2O/c2*1-2;1-4(2)3;;/h2*1-2H2;(H2,1,2,3);2*1H2. The fourth-order valence-electron chi connectivity index (χ4n) is 0. The molecule has 0 aliphatic heterocycles. The zero-order valence-corrected chi connectivity index (χ0v) is 5.84. The first-order valence-corrected chi connectivity index (χ1v) is 2.26. The number of nitrogens with two attached hydrogens (primary N) is 4.